The van der Waals surface area contributed by atoms with Crippen LogP contribution in [0.3, 0.4) is 0 Å². The summed E-state index contributed by atoms with van der Waals surface area (Å²) >= 11 is 0. The monoisotopic (exact) mass is 356 g/mol. The van der Waals surface area contributed by atoms with Gasteiger partial charge in [-0.3, -0.25) is 4.40 Å². The molecule has 0 bridgehead atoms. The third kappa shape index (κ3) is 3.44. The SMILES string of the molecule is CCc1ccc(N=Nc2c(-c3ccc(OC)cc3)nc3ccccn23)cc1. The lowest BCUT2D eigenvalue weighted by Gasteiger charge is -2.02. The van der Waals surface area contributed by atoms with Crippen LogP contribution < -0.4 is 4.74 Å². The first-order valence-corrected chi connectivity index (χ1v) is 8.90. The predicted octanol–water partition coefficient (Wildman–Crippen LogP) is 5.99. The van der Waals surface area contributed by atoms with Gasteiger partial charge in [-0.05, 0) is 60.5 Å². The van der Waals surface area contributed by atoms with Gasteiger partial charge in [-0.1, -0.05) is 25.1 Å². The van der Waals surface area contributed by atoms with Gasteiger partial charge in [0.05, 0.1) is 12.8 Å². The topological polar surface area (TPSA) is 51.2 Å². The number of rotatable bonds is 5. The van der Waals surface area contributed by atoms with Gasteiger partial charge in [0.25, 0.3) is 0 Å². The quantitative estimate of drug-likeness (QED) is 0.413. The van der Waals surface area contributed by atoms with Crippen LogP contribution in [-0.4, -0.2) is 16.5 Å². The lowest BCUT2D eigenvalue weighted by molar-refractivity contribution is 0.415. The van der Waals surface area contributed by atoms with Crippen molar-refractivity contribution < 1.29 is 4.74 Å². The van der Waals surface area contributed by atoms with Gasteiger partial charge in [-0.2, -0.15) is 0 Å². The van der Waals surface area contributed by atoms with E-state index >= 15 is 0 Å². The normalized spacial score (nSPS) is 11.3. The van der Waals surface area contributed by atoms with Crippen LogP contribution in [0.2, 0.25) is 0 Å². The number of hydrogen-bond donors (Lipinski definition) is 0. The standard InChI is InChI=1S/C22H20N4O/c1-3-16-7-11-18(12-8-16)24-25-22-21(17-9-13-19(27-2)14-10-17)23-20-6-4-5-15-26(20)22/h4-15H,3H2,1-2H3. The molecule has 0 saturated heterocycles. The summed E-state index contributed by atoms with van der Waals surface area (Å²) < 4.78 is 7.20. The maximum Gasteiger partial charge on any atom is 0.187 e. The van der Waals surface area contributed by atoms with Gasteiger partial charge in [0.15, 0.2) is 5.82 Å². The fraction of sp³-hybridized carbons (Fsp3) is 0.136. The van der Waals surface area contributed by atoms with Crippen molar-refractivity contribution in [3.05, 3.63) is 78.5 Å². The number of ether oxygens (including phenoxy) is 1. The molecular formula is C22H20N4O. The summed E-state index contributed by atoms with van der Waals surface area (Å²) in [6.45, 7) is 2.13. The van der Waals surface area contributed by atoms with Gasteiger partial charge >= 0.3 is 0 Å². The van der Waals surface area contributed by atoms with Crippen molar-refractivity contribution in [2.45, 2.75) is 13.3 Å². The van der Waals surface area contributed by atoms with Gasteiger partial charge in [-0.15, -0.1) is 10.2 Å². The molecule has 0 atom stereocenters. The van der Waals surface area contributed by atoms with E-state index in [1.165, 1.54) is 5.56 Å². The first kappa shape index (κ1) is 17.0. The zero-order valence-electron chi connectivity index (χ0n) is 15.3. The van der Waals surface area contributed by atoms with E-state index in [-0.39, 0.29) is 0 Å². The number of hydrogen-bond acceptors (Lipinski definition) is 4. The minimum atomic E-state index is 0.704. The zero-order chi connectivity index (χ0) is 18.6. The van der Waals surface area contributed by atoms with Gasteiger partial charge in [-0.25, -0.2) is 4.98 Å². The van der Waals surface area contributed by atoms with Gasteiger partial charge in [0.1, 0.15) is 17.1 Å². The van der Waals surface area contributed by atoms with E-state index in [1.54, 1.807) is 7.11 Å². The lowest BCUT2D eigenvalue weighted by atomic mass is 10.1. The van der Waals surface area contributed by atoms with Crippen molar-refractivity contribution in [2.24, 2.45) is 10.2 Å². The molecule has 2 aromatic carbocycles. The van der Waals surface area contributed by atoms with Crippen molar-refractivity contribution in [3.8, 4) is 17.0 Å². The molecule has 5 nitrogen and oxygen atoms in total. The van der Waals surface area contributed by atoms with Gasteiger partial charge < -0.3 is 4.74 Å². The Morgan fingerprint density at radius 2 is 1.70 bits per heavy atom. The molecule has 5 heteroatoms. The Bertz CT molecular complexity index is 1080. The molecule has 2 heterocycles. The van der Waals surface area contributed by atoms with E-state index in [0.717, 1.165) is 34.8 Å². The molecule has 0 saturated carbocycles. The minimum absolute atomic E-state index is 0.704. The van der Waals surface area contributed by atoms with Crippen LogP contribution in [0.25, 0.3) is 16.9 Å². The van der Waals surface area contributed by atoms with Gasteiger partial charge in [0.2, 0.25) is 0 Å². The van der Waals surface area contributed by atoms with E-state index < -0.39 is 0 Å². The molecule has 4 aromatic rings. The summed E-state index contributed by atoms with van der Waals surface area (Å²) in [4.78, 5) is 4.75. The average Bonchev–Trinajstić information content (AvgIpc) is 3.11. The van der Waals surface area contributed by atoms with Crippen molar-refractivity contribution in [2.75, 3.05) is 7.11 Å². The van der Waals surface area contributed by atoms with Crippen LogP contribution in [0, 0.1) is 0 Å². The highest BCUT2D eigenvalue weighted by Crippen LogP contribution is 2.33. The van der Waals surface area contributed by atoms with Crippen LogP contribution in [0.4, 0.5) is 11.5 Å². The highest BCUT2D eigenvalue weighted by molar-refractivity contribution is 5.74. The Balaban J connectivity index is 1.78. The van der Waals surface area contributed by atoms with Crippen molar-refractivity contribution in [1.82, 2.24) is 9.38 Å². The van der Waals surface area contributed by atoms with E-state index in [1.807, 2.05) is 65.2 Å². The molecule has 134 valence electrons. The maximum absolute atomic E-state index is 5.25. The molecule has 0 fully saturated rings. The smallest absolute Gasteiger partial charge is 0.187 e. The Morgan fingerprint density at radius 3 is 2.41 bits per heavy atom. The van der Waals surface area contributed by atoms with Crippen LogP contribution in [0.15, 0.2) is 83.2 Å². The maximum atomic E-state index is 5.25. The highest BCUT2D eigenvalue weighted by Gasteiger charge is 2.13. The molecule has 0 amide bonds. The Morgan fingerprint density at radius 1 is 0.926 bits per heavy atom. The van der Waals surface area contributed by atoms with Crippen LogP contribution in [0.5, 0.6) is 5.75 Å². The number of benzene rings is 2. The fourth-order valence-electron chi connectivity index (χ4n) is 2.92. The van der Waals surface area contributed by atoms with E-state index in [4.69, 9.17) is 9.72 Å². The number of aromatic nitrogens is 2. The lowest BCUT2D eigenvalue weighted by Crippen LogP contribution is -1.83. The Kier molecular flexibility index (Phi) is 4.66. The average molecular weight is 356 g/mol. The number of aryl methyl sites for hydroxylation is 1. The molecule has 27 heavy (non-hydrogen) atoms. The third-order valence-corrected chi connectivity index (χ3v) is 4.47. The second kappa shape index (κ2) is 7.41. The van der Waals surface area contributed by atoms with Crippen molar-refractivity contribution in [3.63, 3.8) is 0 Å². The summed E-state index contributed by atoms with van der Waals surface area (Å²) in [5.74, 6) is 1.51. The predicted molar refractivity (Wildman–Crippen MR) is 107 cm³/mol. The molecule has 2 aromatic heterocycles. The second-order valence-electron chi connectivity index (χ2n) is 6.16. The number of fused-ring (bicyclic) bond motifs is 1. The summed E-state index contributed by atoms with van der Waals surface area (Å²) in [5, 5.41) is 8.97. The minimum Gasteiger partial charge on any atom is -0.497 e. The second-order valence-corrected chi connectivity index (χ2v) is 6.16. The van der Waals surface area contributed by atoms with Crippen molar-refractivity contribution >= 4 is 17.2 Å². The van der Waals surface area contributed by atoms with E-state index in [2.05, 4.69) is 29.3 Å². The van der Waals surface area contributed by atoms with Crippen LogP contribution >= 0.6 is 0 Å². The summed E-state index contributed by atoms with van der Waals surface area (Å²) in [6.07, 6.45) is 2.95. The third-order valence-electron chi connectivity index (χ3n) is 4.47. The van der Waals surface area contributed by atoms with Crippen LogP contribution in [0.1, 0.15) is 12.5 Å². The number of pyridine rings is 1. The number of azo groups is 1. The van der Waals surface area contributed by atoms with E-state index in [0.29, 0.717) is 5.82 Å². The summed E-state index contributed by atoms with van der Waals surface area (Å²) in [6, 6.07) is 21.8. The first-order valence-electron chi connectivity index (χ1n) is 8.90. The molecule has 0 aliphatic rings. The van der Waals surface area contributed by atoms with Crippen LogP contribution in [-0.2, 0) is 6.42 Å². The molecule has 0 N–H and O–H groups in total. The first-order chi connectivity index (χ1) is 13.3. The fourth-order valence-corrected chi connectivity index (χ4v) is 2.92. The van der Waals surface area contributed by atoms with E-state index in [9.17, 15) is 0 Å². The summed E-state index contributed by atoms with van der Waals surface area (Å²) in [5.41, 5.74) is 4.69. The molecular weight excluding hydrogens is 336 g/mol. The Hall–Kier alpha value is -3.47. The number of nitrogens with zero attached hydrogens (tertiary/aromatic N) is 4. The largest absolute Gasteiger partial charge is 0.497 e. The number of imidazole rings is 1. The molecule has 0 radical (unpaired) electrons. The Labute approximate surface area is 158 Å². The molecule has 0 aliphatic heterocycles. The molecule has 0 spiro atoms. The molecule has 0 unspecified atom stereocenters. The summed E-state index contributed by atoms with van der Waals surface area (Å²) in [7, 11) is 1.66. The molecule has 0 aliphatic carbocycles. The highest BCUT2D eigenvalue weighted by atomic mass is 16.5. The number of methoxy groups -OCH3 is 1. The van der Waals surface area contributed by atoms with Crippen molar-refractivity contribution in [1.29, 1.82) is 0 Å². The van der Waals surface area contributed by atoms with Gasteiger partial charge in [0, 0.05) is 11.8 Å². The zero-order valence-corrected chi connectivity index (χ0v) is 15.3. The molecule has 4 rings (SSSR count).